The third-order valence-electron chi connectivity index (χ3n) is 2.70. The van der Waals surface area contributed by atoms with Gasteiger partial charge in [0.05, 0.1) is 11.2 Å². The number of hydrogen-bond donors (Lipinski definition) is 0. The number of hydrogen-bond acceptors (Lipinski definition) is 3. The van der Waals surface area contributed by atoms with Gasteiger partial charge >= 0.3 is 7.12 Å². The molecule has 0 unspecified atom stereocenters. The third kappa shape index (κ3) is 2.47. The molecule has 2 heterocycles. The van der Waals surface area contributed by atoms with Crippen molar-refractivity contribution in [2.24, 2.45) is 7.05 Å². The first-order valence-corrected chi connectivity index (χ1v) is 5.62. The quantitative estimate of drug-likeness (QED) is 0.668. The highest BCUT2D eigenvalue weighted by molar-refractivity contribution is 6.61. The van der Waals surface area contributed by atoms with E-state index in [2.05, 4.69) is 32.8 Å². The summed E-state index contributed by atoms with van der Waals surface area (Å²) in [5, 5.41) is 4.14. The van der Waals surface area contributed by atoms with E-state index in [4.69, 9.17) is 9.31 Å². The van der Waals surface area contributed by atoms with Gasteiger partial charge in [-0.05, 0) is 27.7 Å². The van der Waals surface area contributed by atoms with E-state index in [1.165, 1.54) is 0 Å². The highest BCUT2D eigenvalue weighted by Gasteiger charge is 2.44. The number of nitrogens with zero attached hydrogens (tertiary/aromatic N) is 2. The lowest BCUT2D eigenvalue weighted by Crippen LogP contribution is -2.55. The molecule has 1 saturated heterocycles. The molecule has 1 aliphatic rings. The molecule has 1 aromatic rings. The molecular weight excluding hydrogens is 203 g/mol. The Kier molecular flexibility index (Phi) is 2.63. The lowest BCUT2D eigenvalue weighted by atomic mass is 9.74. The van der Waals surface area contributed by atoms with Crippen LogP contribution in [-0.2, 0) is 16.4 Å². The van der Waals surface area contributed by atoms with Gasteiger partial charge in [0.1, 0.15) is 0 Å². The molecule has 0 aromatic carbocycles. The second kappa shape index (κ2) is 3.60. The summed E-state index contributed by atoms with van der Waals surface area (Å²) in [7, 11) is 1.58. The molecule has 1 fully saturated rings. The molecule has 1 aromatic heterocycles. The van der Waals surface area contributed by atoms with Crippen LogP contribution in [0, 0.1) is 0 Å². The van der Waals surface area contributed by atoms with Crippen LogP contribution in [-0.4, -0.2) is 28.1 Å². The summed E-state index contributed by atoms with van der Waals surface area (Å²) in [5.41, 5.74) is 0.646. The highest BCUT2D eigenvalue weighted by Crippen LogP contribution is 2.32. The maximum atomic E-state index is 5.93. The topological polar surface area (TPSA) is 36.3 Å². The molecule has 2 rings (SSSR count). The first-order chi connectivity index (χ1) is 7.27. The lowest BCUT2D eigenvalue weighted by Gasteiger charge is -2.43. The van der Waals surface area contributed by atoms with Crippen molar-refractivity contribution in [2.45, 2.75) is 45.3 Å². The Morgan fingerprint density at radius 1 is 1.25 bits per heavy atom. The van der Waals surface area contributed by atoms with Crippen LogP contribution < -0.4 is 5.46 Å². The second-order valence-corrected chi connectivity index (χ2v) is 5.71. The van der Waals surface area contributed by atoms with Crippen molar-refractivity contribution >= 4 is 12.6 Å². The van der Waals surface area contributed by atoms with E-state index in [1.807, 2.05) is 13.2 Å². The Labute approximate surface area is 97.1 Å². The predicted molar refractivity (Wildman–Crippen MR) is 63.5 cm³/mol. The fraction of sp³-hybridized carbons (Fsp3) is 0.727. The molecule has 0 radical (unpaired) electrons. The van der Waals surface area contributed by atoms with Crippen molar-refractivity contribution in [1.82, 2.24) is 9.78 Å². The van der Waals surface area contributed by atoms with Gasteiger partial charge in [0.2, 0.25) is 0 Å². The molecule has 1 aliphatic heterocycles. The number of aryl methyl sites for hydroxylation is 1. The van der Waals surface area contributed by atoms with Crippen LogP contribution in [0.2, 0.25) is 0 Å². The maximum Gasteiger partial charge on any atom is 0.497 e. The van der Waals surface area contributed by atoms with E-state index >= 15 is 0 Å². The molecular formula is C11H19BN2O2. The van der Waals surface area contributed by atoms with E-state index in [0.29, 0.717) is 0 Å². The van der Waals surface area contributed by atoms with Crippen molar-refractivity contribution in [3.63, 3.8) is 0 Å². The zero-order chi connectivity index (χ0) is 12.0. The van der Waals surface area contributed by atoms with Gasteiger partial charge < -0.3 is 9.31 Å². The minimum Gasteiger partial charge on any atom is -0.402 e. The Hall–Kier alpha value is -0.805. The molecule has 0 amide bonds. The minimum absolute atomic E-state index is 0.164. The zero-order valence-corrected chi connectivity index (χ0v) is 10.7. The van der Waals surface area contributed by atoms with Crippen LogP contribution in [0.25, 0.3) is 0 Å². The monoisotopic (exact) mass is 222 g/mol. The summed E-state index contributed by atoms with van der Waals surface area (Å²) in [4.78, 5) is 0. The van der Waals surface area contributed by atoms with Gasteiger partial charge in [-0.15, -0.1) is 0 Å². The van der Waals surface area contributed by atoms with Gasteiger partial charge in [-0.1, -0.05) is 0 Å². The van der Waals surface area contributed by atoms with Crippen molar-refractivity contribution in [3.05, 3.63) is 12.4 Å². The van der Waals surface area contributed by atoms with Gasteiger partial charge in [-0.2, -0.15) is 5.10 Å². The lowest BCUT2D eigenvalue weighted by molar-refractivity contribution is -0.0716. The SMILES string of the molecule is Cn1cc(B2OC(C)(C)CC(C)(C)O2)cn1. The molecule has 4 nitrogen and oxygen atoms in total. The molecule has 0 aliphatic carbocycles. The van der Waals surface area contributed by atoms with Crippen molar-refractivity contribution in [1.29, 1.82) is 0 Å². The summed E-state index contributed by atoms with van der Waals surface area (Å²) in [6.07, 6.45) is 4.61. The maximum absolute atomic E-state index is 5.93. The van der Waals surface area contributed by atoms with Crippen LogP contribution in [0.15, 0.2) is 12.4 Å². The normalized spacial score (nSPS) is 23.4. The van der Waals surface area contributed by atoms with Gasteiger partial charge in [0, 0.05) is 31.3 Å². The predicted octanol–water partition coefficient (Wildman–Crippen LogP) is 1.11. The van der Waals surface area contributed by atoms with Crippen LogP contribution >= 0.6 is 0 Å². The van der Waals surface area contributed by atoms with Gasteiger partial charge in [-0.3, -0.25) is 4.68 Å². The summed E-state index contributed by atoms with van der Waals surface area (Å²) >= 11 is 0. The van der Waals surface area contributed by atoms with Gasteiger partial charge in [0.25, 0.3) is 0 Å². The van der Waals surface area contributed by atoms with E-state index < -0.39 is 0 Å². The van der Waals surface area contributed by atoms with Crippen molar-refractivity contribution < 1.29 is 9.31 Å². The molecule has 16 heavy (non-hydrogen) atoms. The fourth-order valence-electron chi connectivity index (χ4n) is 2.41. The summed E-state index contributed by atoms with van der Waals surface area (Å²) in [6, 6.07) is 0. The van der Waals surface area contributed by atoms with Gasteiger partial charge in [0.15, 0.2) is 0 Å². The summed E-state index contributed by atoms with van der Waals surface area (Å²) in [5.74, 6) is 0. The average Bonchev–Trinajstić information content (AvgIpc) is 2.45. The largest absolute Gasteiger partial charge is 0.497 e. The van der Waals surface area contributed by atoms with E-state index in [9.17, 15) is 0 Å². The summed E-state index contributed by atoms with van der Waals surface area (Å²) in [6.45, 7) is 8.39. The first-order valence-electron chi connectivity index (χ1n) is 5.62. The zero-order valence-electron chi connectivity index (χ0n) is 10.7. The van der Waals surface area contributed by atoms with Crippen LogP contribution in [0.1, 0.15) is 34.1 Å². The fourth-order valence-corrected chi connectivity index (χ4v) is 2.41. The third-order valence-corrected chi connectivity index (χ3v) is 2.70. The molecule has 88 valence electrons. The Balaban J connectivity index is 2.22. The Morgan fingerprint density at radius 3 is 2.25 bits per heavy atom. The Bertz CT molecular complexity index is 371. The van der Waals surface area contributed by atoms with Crippen molar-refractivity contribution in [3.8, 4) is 0 Å². The molecule has 0 N–H and O–H groups in total. The van der Waals surface area contributed by atoms with Crippen LogP contribution in [0.3, 0.4) is 0 Å². The van der Waals surface area contributed by atoms with Crippen molar-refractivity contribution in [2.75, 3.05) is 0 Å². The average molecular weight is 222 g/mol. The highest BCUT2D eigenvalue weighted by atomic mass is 16.6. The van der Waals surface area contributed by atoms with E-state index in [0.717, 1.165) is 11.9 Å². The summed E-state index contributed by atoms with van der Waals surface area (Å²) < 4.78 is 13.6. The number of rotatable bonds is 1. The smallest absolute Gasteiger partial charge is 0.402 e. The van der Waals surface area contributed by atoms with Crippen LogP contribution in [0.5, 0.6) is 0 Å². The Morgan fingerprint density at radius 2 is 1.81 bits per heavy atom. The standard InChI is InChI=1S/C11H19BN2O2/c1-10(2)8-11(3,4)16-12(15-10)9-6-13-14(5)7-9/h6-7H,8H2,1-5H3. The van der Waals surface area contributed by atoms with Gasteiger partial charge in [-0.25, -0.2) is 0 Å². The first kappa shape index (κ1) is 11.7. The van der Waals surface area contributed by atoms with Crippen LogP contribution in [0.4, 0.5) is 0 Å². The molecule has 0 bridgehead atoms. The molecule has 0 saturated carbocycles. The van der Waals surface area contributed by atoms with E-state index in [1.54, 1.807) is 10.9 Å². The second-order valence-electron chi connectivity index (χ2n) is 5.71. The minimum atomic E-state index is -0.313. The number of aromatic nitrogens is 2. The molecule has 5 heteroatoms. The molecule has 0 atom stereocenters. The van der Waals surface area contributed by atoms with E-state index in [-0.39, 0.29) is 18.3 Å². The molecule has 0 spiro atoms.